The lowest BCUT2D eigenvalue weighted by Gasteiger charge is -2.24. The zero-order chi connectivity index (χ0) is 19.7. The number of pyridine rings is 1. The van der Waals surface area contributed by atoms with E-state index in [9.17, 15) is 14.7 Å². The number of carboxylic acids is 1. The highest BCUT2D eigenvalue weighted by Crippen LogP contribution is 2.54. The number of fused-ring (bicyclic) bond motifs is 1. The topological polar surface area (TPSA) is 115 Å². The fraction of sp³-hybridized carbons (Fsp3) is 0.333. The van der Waals surface area contributed by atoms with E-state index in [1.54, 1.807) is 4.90 Å². The zero-order valence-electron chi connectivity index (χ0n) is 14.3. The molecule has 1 aliphatic carbocycles. The smallest absolute Gasteiger partial charge is 0.341 e. The maximum absolute atomic E-state index is 15.2. The van der Waals surface area contributed by atoms with Gasteiger partial charge in [0.2, 0.25) is 5.43 Å². The molecule has 27 heavy (non-hydrogen) atoms. The van der Waals surface area contributed by atoms with Gasteiger partial charge in [0.05, 0.1) is 27.3 Å². The Morgan fingerprint density at radius 3 is 2.67 bits per heavy atom. The number of nitrogens with two attached hydrogens (primary N) is 2. The van der Waals surface area contributed by atoms with Gasteiger partial charge in [-0.2, -0.15) is 0 Å². The fourth-order valence-electron chi connectivity index (χ4n) is 3.98. The number of aromatic nitrogens is 1. The Balaban J connectivity index is 2.04. The summed E-state index contributed by atoms with van der Waals surface area (Å²) >= 11 is 6.51. The molecule has 4 rings (SSSR count). The van der Waals surface area contributed by atoms with Crippen LogP contribution in [0.4, 0.5) is 15.8 Å². The molecule has 9 heteroatoms. The molecular formula is C18H18ClFN4O3. The molecule has 1 saturated carbocycles. The van der Waals surface area contributed by atoms with Crippen LogP contribution in [-0.4, -0.2) is 34.8 Å². The van der Waals surface area contributed by atoms with Gasteiger partial charge in [-0.3, -0.25) is 4.79 Å². The van der Waals surface area contributed by atoms with Crippen LogP contribution in [-0.2, 0) is 0 Å². The third-order valence-corrected chi connectivity index (χ3v) is 6.07. The van der Waals surface area contributed by atoms with E-state index >= 15 is 4.39 Å². The quantitative estimate of drug-likeness (QED) is 0.689. The van der Waals surface area contributed by atoms with Crippen molar-refractivity contribution in [3.8, 4) is 0 Å². The molecule has 1 saturated heterocycles. The van der Waals surface area contributed by atoms with E-state index in [1.807, 2.05) is 0 Å². The number of hydrogen-bond acceptors (Lipinski definition) is 5. The molecule has 1 atom stereocenters. The number of carboxylic acid groups (broad SMARTS) is 1. The first-order chi connectivity index (χ1) is 12.7. The number of anilines is 2. The average molecular weight is 393 g/mol. The van der Waals surface area contributed by atoms with Crippen LogP contribution in [0.2, 0.25) is 5.02 Å². The molecule has 0 bridgehead atoms. The molecule has 2 aliphatic rings. The summed E-state index contributed by atoms with van der Waals surface area (Å²) in [6.07, 6.45) is 4.35. The Bertz CT molecular complexity index is 1080. The highest BCUT2D eigenvalue weighted by atomic mass is 35.5. The lowest BCUT2D eigenvalue weighted by molar-refractivity contribution is 0.0695. The predicted octanol–water partition coefficient (Wildman–Crippen LogP) is 2.10. The van der Waals surface area contributed by atoms with Crippen LogP contribution in [0.5, 0.6) is 0 Å². The van der Waals surface area contributed by atoms with Gasteiger partial charge in [0.15, 0.2) is 5.82 Å². The molecule has 7 nitrogen and oxygen atoms in total. The van der Waals surface area contributed by atoms with E-state index in [2.05, 4.69) is 6.58 Å². The number of rotatable bonds is 3. The van der Waals surface area contributed by atoms with Crippen molar-refractivity contribution in [1.82, 2.24) is 4.57 Å². The third-order valence-electron chi connectivity index (χ3n) is 5.71. The van der Waals surface area contributed by atoms with Crippen LogP contribution in [0, 0.1) is 11.2 Å². The minimum atomic E-state index is -1.45. The van der Waals surface area contributed by atoms with E-state index in [0.29, 0.717) is 13.1 Å². The van der Waals surface area contributed by atoms with Gasteiger partial charge in [0.25, 0.3) is 0 Å². The van der Waals surface area contributed by atoms with E-state index in [1.165, 1.54) is 10.8 Å². The van der Waals surface area contributed by atoms with Gasteiger partial charge >= 0.3 is 5.97 Å². The van der Waals surface area contributed by atoms with Gasteiger partial charge in [-0.1, -0.05) is 18.2 Å². The van der Waals surface area contributed by atoms with Gasteiger partial charge in [0, 0.05) is 36.9 Å². The van der Waals surface area contributed by atoms with Crippen LogP contribution in [0.1, 0.15) is 23.2 Å². The number of nitrogen functional groups attached to an aromatic ring is 1. The summed E-state index contributed by atoms with van der Waals surface area (Å²) in [6.45, 7) is 4.60. The van der Waals surface area contributed by atoms with Crippen molar-refractivity contribution in [2.45, 2.75) is 18.9 Å². The Labute approximate surface area is 158 Å². The van der Waals surface area contributed by atoms with Crippen LogP contribution in [0.3, 0.4) is 0 Å². The van der Waals surface area contributed by atoms with Crippen molar-refractivity contribution in [3.63, 3.8) is 0 Å². The minimum absolute atomic E-state index is 0.0180. The Hall–Kier alpha value is -2.58. The van der Waals surface area contributed by atoms with Crippen molar-refractivity contribution >= 4 is 46.0 Å². The first kappa shape index (κ1) is 17.8. The van der Waals surface area contributed by atoms with Gasteiger partial charge in [-0.15, -0.1) is 0 Å². The Kier molecular flexibility index (Phi) is 3.77. The zero-order valence-corrected chi connectivity index (χ0v) is 15.1. The number of aromatic carboxylic acids is 1. The molecule has 2 aromatic rings. The molecule has 1 aromatic carbocycles. The summed E-state index contributed by atoms with van der Waals surface area (Å²) in [6, 6.07) is -0.0964. The van der Waals surface area contributed by atoms with Crippen molar-refractivity contribution in [2.75, 3.05) is 23.7 Å². The Morgan fingerprint density at radius 2 is 2.15 bits per heavy atom. The normalized spacial score (nSPS) is 20.4. The second-order valence-electron chi connectivity index (χ2n) is 7.23. The highest BCUT2D eigenvalue weighted by molar-refractivity contribution is 6.38. The van der Waals surface area contributed by atoms with Gasteiger partial charge < -0.3 is 26.0 Å². The molecule has 0 amide bonds. The van der Waals surface area contributed by atoms with Crippen molar-refractivity contribution in [2.24, 2.45) is 11.1 Å². The first-order valence-corrected chi connectivity index (χ1v) is 8.81. The van der Waals surface area contributed by atoms with Crippen LogP contribution in [0.25, 0.3) is 17.1 Å². The van der Waals surface area contributed by atoms with Crippen LogP contribution < -0.4 is 21.8 Å². The third kappa shape index (κ3) is 2.36. The second-order valence-corrected chi connectivity index (χ2v) is 7.61. The number of benzene rings is 1. The highest BCUT2D eigenvalue weighted by Gasteiger charge is 2.54. The lowest BCUT2D eigenvalue weighted by Crippen LogP contribution is -2.30. The summed E-state index contributed by atoms with van der Waals surface area (Å²) in [5, 5.41) is 8.97. The predicted molar refractivity (Wildman–Crippen MR) is 103 cm³/mol. The largest absolute Gasteiger partial charge is 0.477 e. The summed E-state index contributed by atoms with van der Waals surface area (Å²) in [7, 11) is 0. The molecule has 1 aromatic heterocycles. The monoisotopic (exact) mass is 392 g/mol. The lowest BCUT2D eigenvalue weighted by atomic mass is 10.0. The van der Waals surface area contributed by atoms with E-state index in [4.69, 9.17) is 23.1 Å². The van der Waals surface area contributed by atoms with E-state index < -0.39 is 28.5 Å². The summed E-state index contributed by atoms with van der Waals surface area (Å²) in [5.74, 6) is -2.29. The summed E-state index contributed by atoms with van der Waals surface area (Å²) in [5.41, 5.74) is 10.5. The number of nitrogens with zero attached hydrogens (tertiary/aromatic N) is 2. The van der Waals surface area contributed by atoms with Crippen LogP contribution >= 0.6 is 11.6 Å². The van der Waals surface area contributed by atoms with Crippen molar-refractivity contribution < 1.29 is 14.3 Å². The van der Waals surface area contributed by atoms with Crippen molar-refractivity contribution in [3.05, 3.63) is 39.4 Å². The average Bonchev–Trinajstić information content (AvgIpc) is 3.32. The number of carbonyl (C=O) groups is 1. The molecule has 2 fully saturated rings. The molecule has 142 valence electrons. The molecule has 0 radical (unpaired) electrons. The maximum Gasteiger partial charge on any atom is 0.341 e. The SMILES string of the molecule is C=Cn1cc(C(=O)O)c(=O)c2c(N)c(F)c(N3CC(N)C4(CC4)C3)c(Cl)c21. The molecule has 2 heterocycles. The molecule has 1 spiro atoms. The summed E-state index contributed by atoms with van der Waals surface area (Å²) < 4.78 is 16.5. The van der Waals surface area contributed by atoms with Crippen LogP contribution in [0.15, 0.2) is 17.6 Å². The summed E-state index contributed by atoms with van der Waals surface area (Å²) in [4.78, 5) is 25.7. The number of hydrogen-bond donors (Lipinski definition) is 3. The molecular weight excluding hydrogens is 375 g/mol. The van der Waals surface area contributed by atoms with E-state index in [0.717, 1.165) is 19.0 Å². The van der Waals surface area contributed by atoms with Gasteiger partial charge in [-0.25, -0.2) is 9.18 Å². The molecule has 1 unspecified atom stereocenters. The number of halogens is 2. The first-order valence-electron chi connectivity index (χ1n) is 8.43. The Morgan fingerprint density at radius 1 is 1.48 bits per heavy atom. The van der Waals surface area contributed by atoms with E-state index in [-0.39, 0.29) is 33.1 Å². The van der Waals surface area contributed by atoms with Gasteiger partial charge in [-0.05, 0) is 12.8 Å². The second kappa shape index (κ2) is 5.71. The minimum Gasteiger partial charge on any atom is -0.477 e. The molecule has 5 N–H and O–H groups in total. The fourth-order valence-corrected chi connectivity index (χ4v) is 4.37. The molecule has 1 aliphatic heterocycles. The standard InChI is InChI=1S/C18H18ClFN4O3/c1-2-23-5-8(17(26)27)16(25)10-13(22)12(20)15(11(19)14(10)23)24-6-9(21)18(7-24)3-4-18/h2,5,9H,1,3-4,6-7,21-22H2,(H,26,27). The van der Waals surface area contributed by atoms with Crippen molar-refractivity contribution in [1.29, 1.82) is 0 Å². The van der Waals surface area contributed by atoms with Gasteiger partial charge in [0.1, 0.15) is 5.56 Å². The maximum atomic E-state index is 15.2.